The van der Waals surface area contributed by atoms with Gasteiger partial charge in [0.2, 0.25) is 0 Å². The van der Waals surface area contributed by atoms with E-state index < -0.39 is 23.8 Å². The van der Waals surface area contributed by atoms with Gasteiger partial charge in [-0.1, -0.05) is 12.1 Å². The van der Waals surface area contributed by atoms with Gasteiger partial charge >= 0.3 is 0 Å². The molecule has 0 N–H and O–H groups in total. The van der Waals surface area contributed by atoms with Crippen LogP contribution >= 0.6 is 12.2 Å². The SMILES string of the molecule is CC(C(=O)N=C=S)N1C(=O)c2ccccc2C1=O. The van der Waals surface area contributed by atoms with Crippen molar-refractivity contribution in [2.75, 3.05) is 0 Å². The van der Waals surface area contributed by atoms with Gasteiger partial charge in [-0.2, -0.15) is 4.99 Å². The quantitative estimate of drug-likeness (QED) is 0.456. The lowest BCUT2D eigenvalue weighted by molar-refractivity contribution is -0.121. The number of carbonyl (C=O) groups is 3. The van der Waals surface area contributed by atoms with E-state index >= 15 is 0 Å². The maximum absolute atomic E-state index is 12.0. The summed E-state index contributed by atoms with van der Waals surface area (Å²) in [6, 6.07) is 5.45. The predicted octanol–water partition coefficient (Wildman–Crippen LogP) is 1.30. The van der Waals surface area contributed by atoms with Crippen molar-refractivity contribution < 1.29 is 14.4 Å². The molecule has 0 bridgehead atoms. The monoisotopic (exact) mass is 260 g/mol. The molecule has 1 aliphatic heterocycles. The number of imide groups is 1. The highest BCUT2D eigenvalue weighted by Gasteiger charge is 2.40. The minimum atomic E-state index is -0.979. The molecule has 1 unspecified atom stereocenters. The van der Waals surface area contributed by atoms with Crippen LogP contribution in [-0.2, 0) is 4.79 Å². The van der Waals surface area contributed by atoms with Crippen LogP contribution in [0.3, 0.4) is 0 Å². The van der Waals surface area contributed by atoms with Crippen LogP contribution in [0.5, 0.6) is 0 Å². The molecule has 0 aromatic heterocycles. The summed E-state index contributed by atoms with van der Waals surface area (Å²) in [5.74, 6) is -1.65. The molecule has 0 radical (unpaired) electrons. The molecular weight excluding hydrogens is 252 g/mol. The number of aliphatic imine (C=N–C) groups is 1. The van der Waals surface area contributed by atoms with Crippen LogP contribution in [0, 0.1) is 0 Å². The fourth-order valence-corrected chi connectivity index (χ4v) is 1.90. The van der Waals surface area contributed by atoms with Gasteiger partial charge in [0.1, 0.15) is 6.04 Å². The summed E-state index contributed by atoms with van der Waals surface area (Å²) in [5, 5.41) is 1.93. The number of amides is 3. The Balaban J connectivity index is 2.40. The second kappa shape index (κ2) is 4.60. The van der Waals surface area contributed by atoms with Gasteiger partial charge in [-0.25, -0.2) is 0 Å². The van der Waals surface area contributed by atoms with E-state index in [0.29, 0.717) is 11.1 Å². The fraction of sp³-hybridized carbons (Fsp3) is 0.167. The second-order valence-electron chi connectivity index (χ2n) is 3.74. The molecule has 6 heteroatoms. The number of thiocarbonyl (C=S) groups is 1. The minimum Gasteiger partial charge on any atom is -0.269 e. The van der Waals surface area contributed by atoms with Crippen LogP contribution in [0.4, 0.5) is 0 Å². The average molecular weight is 260 g/mol. The van der Waals surface area contributed by atoms with E-state index in [0.717, 1.165) is 4.90 Å². The van der Waals surface area contributed by atoms with Gasteiger partial charge in [0.25, 0.3) is 17.7 Å². The first kappa shape index (κ1) is 12.3. The summed E-state index contributed by atoms with van der Waals surface area (Å²) in [4.78, 5) is 39.7. The maximum atomic E-state index is 12.0. The average Bonchev–Trinajstić information content (AvgIpc) is 2.62. The fourth-order valence-electron chi connectivity index (χ4n) is 1.81. The van der Waals surface area contributed by atoms with Crippen molar-refractivity contribution in [1.29, 1.82) is 0 Å². The van der Waals surface area contributed by atoms with Crippen LogP contribution in [0.2, 0.25) is 0 Å². The van der Waals surface area contributed by atoms with E-state index in [2.05, 4.69) is 17.2 Å². The Hall–Kier alpha value is -2.17. The molecule has 0 spiro atoms. The molecule has 1 aliphatic rings. The van der Waals surface area contributed by atoms with Crippen LogP contribution in [0.1, 0.15) is 27.6 Å². The summed E-state index contributed by atoms with van der Waals surface area (Å²) in [7, 11) is 0. The molecule has 18 heavy (non-hydrogen) atoms. The molecule has 1 aromatic carbocycles. The van der Waals surface area contributed by atoms with Crippen molar-refractivity contribution in [3.8, 4) is 0 Å². The molecule has 1 aromatic rings. The zero-order valence-electron chi connectivity index (χ0n) is 9.41. The Morgan fingerprint density at radius 3 is 2.22 bits per heavy atom. The zero-order valence-corrected chi connectivity index (χ0v) is 10.2. The van der Waals surface area contributed by atoms with Crippen molar-refractivity contribution in [3.63, 3.8) is 0 Å². The van der Waals surface area contributed by atoms with Crippen LogP contribution in [0.25, 0.3) is 0 Å². The van der Waals surface area contributed by atoms with Crippen molar-refractivity contribution in [1.82, 2.24) is 4.90 Å². The standard InChI is InChI=1S/C12H8N2O3S/c1-7(10(15)13-6-18)14-11(16)8-4-2-3-5-9(8)12(14)17/h2-5,7H,1H3. The topological polar surface area (TPSA) is 66.8 Å². The maximum Gasteiger partial charge on any atom is 0.277 e. The van der Waals surface area contributed by atoms with E-state index in [1.165, 1.54) is 6.92 Å². The second-order valence-corrected chi connectivity index (χ2v) is 3.93. The number of carbonyl (C=O) groups excluding carboxylic acids is 3. The summed E-state index contributed by atoms with van der Waals surface area (Å²) in [6.45, 7) is 1.43. The third kappa shape index (κ3) is 1.77. The van der Waals surface area contributed by atoms with Gasteiger partial charge < -0.3 is 0 Å². The molecule has 0 saturated heterocycles. The van der Waals surface area contributed by atoms with Gasteiger partial charge in [-0.15, -0.1) is 0 Å². The third-order valence-corrected chi connectivity index (χ3v) is 2.82. The highest BCUT2D eigenvalue weighted by atomic mass is 32.1. The van der Waals surface area contributed by atoms with Gasteiger partial charge in [-0.05, 0) is 31.3 Å². The number of nitrogens with zero attached hydrogens (tertiary/aromatic N) is 2. The highest BCUT2D eigenvalue weighted by Crippen LogP contribution is 2.24. The smallest absolute Gasteiger partial charge is 0.269 e. The molecular formula is C12H8N2O3S. The molecule has 90 valence electrons. The number of hydrogen-bond acceptors (Lipinski definition) is 4. The highest BCUT2D eigenvalue weighted by molar-refractivity contribution is 7.78. The Kier molecular flexibility index (Phi) is 3.14. The van der Waals surface area contributed by atoms with Gasteiger partial charge in [0.05, 0.1) is 16.3 Å². The van der Waals surface area contributed by atoms with Crippen LogP contribution < -0.4 is 0 Å². The van der Waals surface area contributed by atoms with Crippen molar-refractivity contribution in [2.45, 2.75) is 13.0 Å². The Morgan fingerprint density at radius 1 is 1.28 bits per heavy atom. The van der Waals surface area contributed by atoms with Crippen LogP contribution in [-0.4, -0.2) is 33.8 Å². The zero-order chi connectivity index (χ0) is 13.3. The molecule has 0 aliphatic carbocycles. The molecule has 0 fully saturated rings. The molecule has 0 saturated carbocycles. The predicted molar refractivity (Wildman–Crippen MR) is 66.4 cm³/mol. The summed E-state index contributed by atoms with van der Waals surface area (Å²) in [5.41, 5.74) is 0.599. The normalized spacial score (nSPS) is 15.1. The summed E-state index contributed by atoms with van der Waals surface area (Å²) >= 11 is 4.32. The first-order chi connectivity index (χ1) is 8.57. The van der Waals surface area contributed by atoms with E-state index in [1.54, 1.807) is 24.3 Å². The van der Waals surface area contributed by atoms with Crippen molar-refractivity contribution >= 4 is 35.1 Å². The third-order valence-electron chi connectivity index (χ3n) is 2.73. The van der Waals surface area contributed by atoms with E-state index in [4.69, 9.17) is 0 Å². The van der Waals surface area contributed by atoms with Crippen LogP contribution in [0.15, 0.2) is 29.3 Å². The molecule has 1 heterocycles. The Bertz CT molecular complexity index is 570. The lowest BCUT2D eigenvalue weighted by atomic mass is 10.1. The van der Waals surface area contributed by atoms with Gasteiger partial charge in [0, 0.05) is 0 Å². The van der Waals surface area contributed by atoms with Crippen molar-refractivity contribution in [2.24, 2.45) is 4.99 Å². The lowest BCUT2D eigenvalue weighted by Crippen LogP contribution is -2.42. The Morgan fingerprint density at radius 2 is 1.78 bits per heavy atom. The number of rotatable bonds is 2. The lowest BCUT2D eigenvalue weighted by Gasteiger charge is -2.18. The number of isothiocyanates is 1. The molecule has 5 nitrogen and oxygen atoms in total. The van der Waals surface area contributed by atoms with E-state index in [9.17, 15) is 14.4 Å². The number of benzene rings is 1. The van der Waals surface area contributed by atoms with E-state index in [1.807, 2.05) is 5.16 Å². The summed E-state index contributed by atoms with van der Waals surface area (Å²) in [6.07, 6.45) is 0. The molecule has 2 rings (SSSR count). The first-order valence-corrected chi connectivity index (χ1v) is 5.57. The molecule has 3 amide bonds. The van der Waals surface area contributed by atoms with E-state index in [-0.39, 0.29) is 0 Å². The number of hydrogen-bond donors (Lipinski definition) is 0. The number of fused-ring (bicyclic) bond motifs is 1. The Labute approximate surface area is 108 Å². The van der Waals surface area contributed by atoms with Gasteiger partial charge in [-0.3, -0.25) is 19.3 Å². The first-order valence-electron chi connectivity index (χ1n) is 5.16. The molecule has 1 atom stereocenters. The minimum absolute atomic E-state index is 0.300. The summed E-state index contributed by atoms with van der Waals surface area (Å²) < 4.78 is 0. The van der Waals surface area contributed by atoms with Gasteiger partial charge in [0.15, 0.2) is 0 Å². The largest absolute Gasteiger partial charge is 0.277 e. The van der Waals surface area contributed by atoms with Crippen molar-refractivity contribution in [3.05, 3.63) is 35.4 Å².